The molecule has 3 aromatic carbocycles. The van der Waals surface area contributed by atoms with E-state index in [0.29, 0.717) is 11.3 Å². The molecule has 168 valence electrons. The average Bonchev–Trinajstić information content (AvgIpc) is 3.08. The van der Waals surface area contributed by atoms with Crippen LogP contribution in [-0.2, 0) is 16.8 Å². The lowest BCUT2D eigenvalue weighted by Crippen LogP contribution is -2.29. The number of amides is 1. The lowest BCUT2D eigenvalue weighted by Gasteiger charge is -2.19. The van der Waals surface area contributed by atoms with Crippen LogP contribution >= 0.6 is 0 Å². The molecule has 1 aliphatic heterocycles. The molecule has 0 unspecified atom stereocenters. The molecule has 33 heavy (non-hydrogen) atoms. The van der Waals surface area contributed by atoms with Gasteiger partial charge in [0.15, 0.2) is 0 Å². The van der Waals surface area contributed by atoms with Gasteiger partial charge in [-0.3, -0.25) is 4.79 Å². The van der Waals surface area contributed by atoms with Crippen LogP contribution in [0.2, 0.25) is 0 Å². The summed E-state index contributed by atoms with van der Waals surface area (Å²) in [5.41, 5.74) is 8.41. The SMILES string of the molecule is NC(=O)c1cccc(C=Cc2ccc(N3C=C(O)NS3(=O)=O)c(OCc3ccccc3)c2)c1. The zero-order valence-electron chi connectivity index (χ0n) is 17.4. The Hall–Kier alpha value is -4.24. The molecule has 3 aromatic rings. The Morgan fingerprint density at radius 2 is 1.73 bits per heavy atom. The van der Waals surface area contributed by atoms with Crippen LogP contribution in [0.15, 0.2) is 84.9 Å². The van der Waals surface area contributed by atoms with Crippen molar-refractivity contribution >= 4 is 34.0 Å². The number of hydrogen-bond acceptors (Lipinski definition) is 5. The Balaban J connectivity index is 1.67. The quantitative estimate of drug-likeness (QED) is 0.463. The van der Waals surface area contributed by atoms with Gasteiger partial charge in [0.2, 0.25) is 11.8 Å². The zero-order valence-corrected chi connectivity index (χ0v) is 18.2. The summed E-state index contributed by atoms with van der Waals surface area (Å²) < 4.78 is 33.7. The number of nitrogens with zero attached hydrogens (tertiary/aromatic N) is 1. The molecule has 0 saturated heterocycles. The van der Waals surface area contributed by atoms with Gasteiger partial charge in [0, 0.05) is 5.56 Å². The standard InChI is InChI=1S/C24H21N3O5S/c25-24(29)20-8-4-7-17(13-20)9-10-18-11-12-21(27-15-23(28)26-33(27,30)31)22(14-18)32-16-19-5-2-1-3-6-19/h1-15,26,28H,16H2,(H2,25,29). The predicted molar refractivity (Wildman–Crippen MR) is 126 cm³/mol. The number of benzene rings is 3. The molecule has 1 aliphatic rings. The lowest BCUT2D eigenvalue weighted by atomic mass is 10.1. The van der Waals surface area contributed by atoms with Crippen molar-refractivity contribution in [2.24, 2.45) is 5.73 Å². The molecule has 0 saturated carbocycles. The Morgan fingerprint density at radius 1 is 1.00 bits per heavy atom. The van der Waals surface area contributed by atoms with Gasteiger partial charge in [-0.1, -0.05) is 60.7 Å². The van der Waals surface area contributed by atoms with Gasteiger partial charge < -0.3 is 15.6 Å². The molecular formula is C24H21N3O5S. The molecule has 4 rings (SSSR count). The topological polar surface area (TPSA) is 122 Å². The van der Waals surface area contributed by atoms with Crippen molar-refractivity contribution in [3.8, 4) is 5.75 Å². The highest BCUT2D eigenvalue weighted by molar-refractivity contribution is 7.91. The summed E-state index contributed by atoms with van der Waals surface area (Å²) in [6.07, 6.45) is 4.69. The summed E-state index contributed by atoms with van der Waals surface area (Å²) in [5.74, 6) is -0.687. The second-order valence-corrected chi connectivity index (χ2v) is 8.79. The van der Waals surface area contributed by atoms with Crippen molar-refractivity contribution in [3.05, 3.63) is 107 Å². The molecule has 0 aromatic heterocycles. The first kappa shape index (κ1) is 22.0. The molecule has 0 radical (unpaired) electrons. The van der Waals surface area contributed by atoms with Gasteiger partial charge >= 0.3 is 10.2 Å². The van der Waals surface area contributed by atoms with E-state index in [4.69, 9.17) is 10.5 Å². The van der Waals surface area contributed by atoms with Crippen LogP contribution in [0, 0.1) is 0 Å². The van der Waals surface area contributed by atoms with Crippen LogP contribution in [0.4, 0.5) is 5.69 Å². The molecule has 1 heterocycles. The minimum Gasteiger partial charge on any atom is -0.493 e. The highest BCUT2D eigenvalue weighted by Gasteiger charge is 2.31. The fraction of sp³-hybridized carbons (Fsp3) is 0.0417. The number of anilines is 1. The first-order valence-corrected chi connectivity index (χ1v) is 11.4. The Labute approximate surface area is 191 Å². The van der Waals surface area contributed by atoms with E-state index in [1.54, 1.807) is 36.4 Å². The first-order chi connectivity index (χ1) is 15.8. The van der Waals surface area contributed by atoms with Crippen LogP contribution in [0.25, 0.3) is 12.2 Å². The number of rotatable bonds is 7. The number of carbonyl (C=O) groups excluding carboxylic acids is 1. The Kier molecular flexibility index (Phi) is 6.05. The molecule has 4 N–H and O–H groups in total. The third-order valence-electron chi connectivity index (χ3n) is 4.83. The molecular weight excluding hydrogens is 442 g/mol. The minimum atomic E-state index is -3.98. The minimum absolute atomic E-state index is 0.221. The largest absolute Gasteiger partial charge is 0.493 e. The molecule has 0 fully saturated rings. The summed E-state index contributed by atoms with van der Waals surface area (Å²) in [6, 6.07) is 21.4. The van der Waals surface area contributed by atoms with Crippen molar-refractivity contribution in [2.45, 2.75) is 6.61 Å². The normalized spacial score (nSPS) is 14.7. The first-order valence-electron chi connectivity index (χ1n) is 9.93. The van der Waals surface area contributed by atoms with Gasteiger partial charge in [-0.25, -0.2) is 9.03 Å². The van der Waals surface area contributed by atoms with Gasteiger partial charge in [0.25, 0.3) is 0 Å². The second-order valence-electron chi connectivity index (χ2n) is 7.24. The third kappa shape index (κ3) is 5.16. The van der Waals surface area contributed by atoms with Gasteiger partial charge in [-0.15, -0.1) is 0 Å². The van der Waals surface area contributed by atoms with Crippen molar-refractivity contribution < 1.29 is 23.1 Å². The predicted octanol–water partition coefficient (Wildman–Crippen LogP) is 3.55. The van der Waals surface area contributed by atoms with E-state index in [9.17, 15) is 18.3 Å². The summed E-state index contributed by atoms with van der Waals surface area (Å²) in [6.45, 7) is 0.221. The molecule has 8 nitrogen and oxygen atoms in total. The maximum atomic E-state index is 12.4. The Morgan fingerprint density at radius 3 is 2.39 bits per heavy atom. The van der Waals surface area contributed by atoms with E-state index in [0.717, 1.165) is 27.2 Å². The van der Waals surface area contributed by atoms with Crippen molar-refractivity contribution in [1.82, 2.24) is 4.72 Å². The van der Waals surface area contributed by atoms with Crippen LogP contribution in [0.5, 0.6) is 5.75 Å². The van der Waals surface area contributed by atoms with Crippen LogP contribution in [0.3, 0.4) is 0 Å². The number of hydrogen-bond donors (Lipinski definition) is 3. The van der Waals surface area contributed by atoms with Crippen molar-refractivity contribution in [2.75, 3.05) is 4.31 Å². The fourth-order valence-electron chi connectivity index (χ4n) is 3.24. The molecule has 0 atom stereocenters. The fourth-order valence-corrected chi connectivity index (χ4v) is 4.31. The zero-order chi connectivity index (χ0) is 23.4. The van der Waals surface area contributed by atoms with E-state index in [-0.39, 0.29) is 12.3 Å². The Bertz CT molecular complexity index is 1350. The summed E-state index contributed by atoms with van der Waals surface area (Å²) in [4.78, 5) is 11.4. The number of aliphatic hydroxyl groups excluding tert-OH is 1. The van der Waals surface area contributed by atoms with Crippen molar-refractivity contribution in [3.63, 3.8) is 0 Å². The van der Waals surface area contributed by atoms with E-state index in [1.165, 1.54) is 0 Å². The summed E-state index contributed by atoms with van der Waals surface area (Å²) in [7, 11) is -3.98. The van der Waals surface area contributed by atoms with Gasteiger partial charge in [0.05, 0.1) is 6.20 Å². The molecule has 0 aliphatic carbocycles. The van der Waals surface area contributed by atoms with Gasteiger partial charge in [-0.05, 0) is 41.0 Å². The smallest absolute Gasteiger partial charge is 0.330 e. The van der Waals surface area contributed by atoms with E-state index in [1.807, 2.05) is 53.3 Å². The van der Waals surface area contributed by atoms with Crippen LogP contribution in [0.1, 0.15) is 27.0 Å². The summed E-state index contributed by atoms with van der Waals surface area (Å²) >= 11 is 0. The average molecular weight is 464 g/mol. The molecule has 0 spiro atoms. The summed E-state index contributed by atoms with van der Waals surface area (Å²) in [5, 5.41) is 9.67. The molecule has 0 bridgehead atoms. The number of primary amides is 1. The number of nitrogens with one attached hydrogen (secondary N) is 1. The van der Waals surface area contributed by atoms with E-state index < -0.39 is 22.0 Å². The van der Waals surface area contributed by atoms with Crippen molar-refractivity contribution in [1.29, 1.82) is 0 Å². The third-order valence-corrected chi connectivity index (χ3v) is 6.12. The number of nitrogens with two attached hydrogens (primary N) is 1. The van der Waals surface area contributed by atoms with Gasteiger partial charge in [0.1, 0.15) is 18.0 Å². The van der Waals surface area contributed by atoms with Crippen LogP contribution in [-0.4, -0.2) is 19.4 Å². The lowest BCUT2D eigenvalue weighted by molar-refractivity contribution is 0.1000. The number of carbonyl (C=O) groups is 1. The van der Waals surface area contributed by atoms with Crippen LogP contribution < -0.4 is 19.5 Å². The van der Waals surface area contributed by atoms with E-state index >= 15 is 0 Å². The highest BCUT2D eigenvalue weighted by Crippen LogP contribution is 2.34. The second kappa shape index (κ2) is 9.09. The van der Waals surface area contributed by atoms with Gasteiger partial charge in [-0.2, -0.15) is 8.42 Å². The molecule has 1 amide bonds. The maximum Gasteiger partial charge on any atom is 0.330 e. The molecule has 9 heteroatoms. The highest BCUT2D eigenvalue weighted by atomic mass is 32.2. The maximum absolute atomic E-state index is 12.4. The number of ether oxygens (including phenoxy) is 1. The van der Waals surface area contributed by atoms with E-state index in [2.05, 4.69) is 0 Å². The number of aliphatic hydroxyl groups is 1. The monoisotopic (exact) mass is 463 g/mol.